The number of aromatic nitrogens is 2. The van der Waals surface area contributed by atoms with Crippen LogP contribution in [0.25, 0.3) is 0 Å². The molecule has 38 heavy (non-hydrogen) atoms. The molecule has 4 rings (SSSR count). The molecular weight excluding hydrogens is 494 g/mol. The number of ketones is 1. The molecule has 0 spiro atoms. The van der Waals surface area contributed by atoms with Crippen LogP contribution in [0.3, 0.4) is 0 Å². The highest BCUT2D eigenvalue weighted by molar-refractivity contribution is 8.01. The number of hydrogen-bond acceptors (Lipinski definition) is 7. The van der Waals surface area contributed by atoms with Gasteiger partial charge in [-0.15, -0.1) is 0 Å². The van der Waals surface area contributed by atoms with Crippen molar-refractivity contribution in [1.29, 1.82) is 0 Å². The molecule has 2 aliphatic heterocycles. The van der Waals surface area contributed by atoms with E-state index in [9.17, 15) is 9.59 Å². The third kappa shape index (κ3) is 13.1. The maximum Gasteiger partial charge on any atom is 0.149 e. The standard InChI is InChI=1S/C12H16N2OS.C9H12O.C5H11N.2C2H6.CH2O/c1-5-9-13-7(3)10-6(2)11(8(4)15)16-12(10)14-9;1-2-8-3-5-9(7-10)6-4-8;1-6-4-2-3-5-6;3*1-2/h6,11H,5H2,1-4H3;3,5-8H,2,4H2,1H3;2-5H2,1H3;2*1-2H3;1H2. The molecule has 3 atom stereocenters. The third-order valence-electron chi connectivity index (χ3n) is 6.22. The summed E-state index contributed by atoms with van der Waals surface area (Å²) < 4.78 is 0. The molecule has 1 aromatic heterocycles. The molecule has 0 N–H and O–H groups in total. The van der Waals surface area contributed by atoms with E-state index in [0.717, 1.165) is 41.2 Å². The van der Waals surface area contributed by atoms with Crippen molar-refractivity contribution < 1.29 is 14.4 Å². The fourth-order valence-electron chi connectivity index (χ4n) is 4.14. The van der Waals surface area contributed by atoms with E-state index < -0.39 is 0 Å². The highest BCUT2D eigenvalue weighted by Crippen LogP contribution is 2.45. The molecule has 1 fully saturated rings. The Morgan fingerprint density at radius 1 is 1.13 bits per heavy atom. The molecule has 3 unspecified atom stereocenters. The van der Waals surface area contributed by atoms with Crippen molar-refractivity contribution in [2.45, 2.75) is 111 Å². The van der Waals surface area contributed by atoms with Gasteiger partial charge in [0.15, 0.2) is 0 Å². The van der Waals surface area contributed by atoms with Crippen LogP contribution < -0.4 is 0 Å². The number of fused-ring (bicyclic) bond motifs is 1. The molecule has 7 heteroatoms. The molecule has 3 aliphatic rings. The van der Waals surface area contributed by atoms with E-state index in [0.29, 0.717) is 5.92 Å². The smallest absolute Gasteiger partial charge is 0.149 e. The van der Waals surface area contributed by atoms with Gasteiger partial charge < -0.3 is 9.69 Å². The van der Waals surface area contributed by atoms with Crippen molar-refractivity contribution in [3.8, 4) is 0 Å². The Balaban J connectivity index is 0. The highest BCUT2D eigenvalue weighted by atomic mass is 32.2. The van der Waals surface area contributed by atoms with E-state index in [1.54, 1.807) is 18.7 Å². The first-order valence-electron chi connectivity index (χ1n) is 14.2. The number of likely N-dealkylation sites (tertiary alicyclic amines) is 1. The van der Waals surface area contributed by atoms with E-state index in [1.165, 1.54) is 37.9 Å². The molecule has 1 saturated heterocycles. The Morgan fingerprint density at radius 2 is 1.71 bits per heavy atom. The van der Waals surface area contributed by atoms with Gasteiger partial charge in [-0.25, -0.2) is 9.97 Å². The Hall–Kier alpha value is -2.12. The van der Waals surface area contributed by atoms with Crippen LogP contribution in [-0.4, -0.2) is 59.1 Å². The minimum absolute atomic E-state index is 0.0232. The molecule has 0 bridgehead atoms. The summed E-state index contributed by atoms with van der Waals surface area (Å²) in [5.41, 5.74) is 3.03. The van der Waals surface area contributed by atoms with Crippen LogP contribution in [0.2, 0.25) is 0 Å². The maximum absolute atomic E-state index is 11.5. The van der Waals surface area contributed by atoms with Gasteiger partial charge in [0.1, 0.15) is 29.7 Å². The quantitative estimate of drug-likeness (QED) is 0.291. The topological polar surface area (TPSA) is 80.2 Å². The molecule has 0 saturated carbocycles. The van der Waals surface area contributed by atoms with E-state index in [-0.39, 0.29) is 17.0 Å². The summed E-state index contributed by atoms with van der Waals surface area (Å²) in [7, 11) is 2.17. The minimum Gasteiger partial charge on any atom is -0.307 e. The number of aldehydes is 1. The summed E-state index contributed by atoms with van der Waals surface area (Å²) in [6, 6.07) is 0. The second-order valence-corrected chi connectivity index (χ2v) is 9.96. The predicted molar refractivity (Wildman–Crippen MR) is 163 cm³/mol. The summed E-state index contributed by atoms with van der Waals surface area (Å²) in [6.45, 7) is 22.6. The molecular formula is C31H53N3O3S. The highest BCUT2D eigenvalue weighted by Gasteiger charge is 2.36. The maximum atomic E-state index is 11.5. The van der Waals surface area contributed by atoms with Gasteiger partial charge in [-0.2, -0.15) is 0 Å². The zero-order valence-electron chi connectivity index (χ0n) is 25.7. The van der Waals surface area contributed by atoms with Gasteiger partial charge in [-0.3, -0.25) is 9.59 Å². The lowest BCUT2D eigenvalue weighted by atomic mass is 9.95. The van der Waals surface area contributed by atoms with Gasteiger partial charge >= 0.3 is 0 Å². The van der Waals surface area contributed by atoms with E-state index in [2.05, 4.69) is 41.8 Å². The number of Topliss-reactive ketones (excluding diaryl/α,β-unsaturated/α-hetero) is 1. The molecule has 0 radical (unpaired) electrons. The van der Waals surface area contributed by atoms with Crippen LogP contribution in [0.15, 0.2) is 28.8 Å². The van der Waals surface area contributed by atoms with Crippen molar-refractivity contribution in [2.75, 3.05) is 20.1 Å². The first-order valence-corrected chi connectivity index (χ1v) is 15.0. The fraction of sp³-hybridized carbons (Fsp3) is 0.645. The monoisotopic (exact) mass is 547 g/mol. The predicted octanol–water partition coefficient (Wildman–Crippen LogP) is 7.19. The normalized spacial score (nSPS) is 20.6. The Bertz CT molecular complexity index is 864. The number of allylic oxidation sites excluding steroid dienone is 4. The zero-order chi connectivity index (χ0) is 29.7. The van der Waals surface area contributed by atoms with Crippen LogP contribution in [0.1, 0.15) is 104 Å². The first-order chi connectivity index (χ1) is 18.3. The lowest BCUT2D eigenvalue weighted by Crippen LogP contribution is -2.16. The van der Waals surface area contributed by atoms with Gasteiger partial charge in [0, 0.05) is 29.2 Å². The molecule has 1 aromatic rings. The van der Waals surface area contributed by atoms with Crippen LogP contribution in [0.5, 0.6) is 0 Å². The summed E-state index contributed by atoms with van der Waals surface area (Å²) in [6.07, 6.45) is 12.8. The van der Waals surface area contributed by atoms with Crippen LogP contribution in [0.4, 0.5) is 0 Å². The van der Waals surface area contributed by atoms with Crippen molar-refractivity contribution in [3.63, 3.8) is 0 Å². The van der Waals surface area contributed by atoms with Gasteiger partial charge in [-0.1, -0.05) is 78.5 Å². The molecule has 3 heterocycles. The summed E-state index contributed by atoms with van der Waals surface area (Å²) in [5, 5.41) is 1.03. The van der Waals surface area contributed by atoms with Gasteiger partial charge in [0.25, 0.3) is 0 Å². The second kappa shape index (κ2) is 22.8. The molecule has 216 valence electrons. The van der Waals surface area contributed by atoms with E-state index >= 15 is 0 Å². The van der Waals surface area contributed by atoms with E-state index in [1.807, 2.05) is 60.5 Å². The molecule has 6 nitrogen and oxygen atoms in total. The van der Waals surface area contributed by atoms with Crippen molar-refractivity contribution >= 4 is 30.6 Å². The number of aryl methyl sites for hydroxylation is 2. The zero-order valence-corrected chi connectivity index (χ0v) is 26.5. The number of carbonyl (C=O) groups is 3. The largest absolute Gasteiger partial charge is 0.307 e. The summed E-state index contributed by atoms with van der Waals surface area (Å²) in [5.74, 6) is 2.00. The lowest BCUT2D eigenvalue weighted by molar-refractivity contribution is -0.116. The Morgan fingerprint density at radius 3 is 2.08 bits per heavy atom. The average Bonchev–Trinajstić information content (AvgIpc) is 3.59. The number of hydrogen-bond donors (Lipinski definition) is 0. The van der Waals surface area contributed by atoms with Gasteiger partial charge in [-0.05, 0) is 65.6 Å². The molecule has 0 aromatic carbocycles. The molecule has 1 aliphatic carbocycles. The number of nitrogens with zero attached hydrogens (tertiary/aromatic N) is 3. The fourth-order valence-corrected chi connectivity index (χ4v) is 5.50. The number of thioether (sulfide) groups is 1. The SMILES string of the molecule is C=O.CC.CC.CCC1C=CC(C=O)=CC1.CCc1nc(C)c2c(n1)SC(C(C)=O)C2C.CN1CCCC1. The van der Waals surface area contributed by atoms with Crippen molar-refractivity contribution in [3.05, 3.63) is 40.9 Å². The first kappa shape index (κ1) is 38.0. The molecule has 0 amide bonds. The second-order valence-electron chi connectivity index (χ2n) is 8.83. The third-order valence-corrected chi connectivity index (χ3v) is 7.75. The minimum atomic E-state index is 0.0232. The average molecular weight is 548 g/mol. The van der Waals surface area contributed by atoms with Crippen molar-refractivity contribution in [1.82, 2.24) is 14.9 Å². The Labute approximate surface area is 237 Å². The van der Waals surface area contributed by atoms with Crippen LogP contribution in [0, 0.1) is 12.8 Å². The van der Waals surface area contributed by atoms with Crippen LogP contribution >= 0.6 is 11.8 Å². The van der Waals surface area contributed by atoms with Crippen molar-refractivity contribution in [2.24, 2.45) is 5.92 Å². The lowest BCUT2D eigenvalue weighted by Gasteiger charge is -2.11. The van der Waals surface area contributed by atoms with E-state index in [4.69, 9.17) is 4.79 Å². The Kier molecular flexibility index (Phi) is 22.8. The van der Waals surface area contributed by atoms with Crippen LogP contribution in [-0.2, 0) is 20.8 Å². The van der Waals surface area contributed by atoms with Gasteiger partial charge in [0.2, 0.25) is 0 Å². The number of carbonyl (C=O) groups excluding carboxylic acids is 3. The summed E-state index contributed by atoms with van der Waals surface area (Å²) >= 11 is 1.60. The summed E-state index contributed by atoms with van der Waals surface area (Å²) in [4.78, 5) is 41.1. The van der Waals surface area contributed by atoms with Gasteiger partial charge in [0.05, 0.1) is 5.25 Å². The number of rotatable bonds is 4.